The molecule has 2 rings (SSSR count). The Morgan fingerprint density at radius 1 is 1.37 bits per heavy atom. The number of nitro benzene ring substituents is 1. The van der Waals surface area contributed by atoms with Crippen LogP contribution in [0.5, 0.6) is 0 Å². The Morgan fingerprint density at radius 2 is 2.11 bits per heavy atom. The Balaban J connectivity index is 2.10. The predicted octanol–water partition coefficient (Wildman–Crippen LogP) is 4.59. The van der Waals surface area contributed by atoms with Crippen molar-refractivity contribution < 1.29 is 4.92 Å². The molecule has 19 heavy (non-hydrogen) atoms. The van der Waals surface area contributed by atoms with Gasteiger partial charge in [-0.2, -0.15) is 0 Å². The van der Waals surface area contributed by atoms with E-state index in [1.165, 1.54) is 12.8 Å². The number of halogens is 1. The third-order valence-electron chi connectivity index (χ3n) is 3.95. The van der Waals surface area contributed by atoms with Crippen LogP contribution in [0.4, 0.5) is 11.4 Å². The maximum Gasteiger partial charge on any atom is 0.283 e. The lowest BCUT2D eigenvalue weighted by Crippen LogP contribution is -2.33. The van der Waals surface area contributed by atoms with Gasteiger partial charge in [0.15, 0.2) is 0 Å². The first-order valence-electron chi connectivity index (χ1n) is 6.68. The van der Waals surface area contributed by atoms with Crippen LogP contribution in [0.15, 0.2) is 22.7 Å². The van der Waals surface area contributed by atoms with Gasteiger partial charge < -0.3 is 5.32 Å². The summed E-state index contributed by atoms with van der Waals surface area (Å²) in [4.78, 5) is 10.4. The van der Waals surface area contributed by atoms with Crippen LogP contribution in [0.2, 0.25) is 0 Å². The number of nitrogens with zero attached hydrogens (tertiary/aromatic N) is 1. The van der Waals surface area contributed by atoms with Gasteiger partial charge in [0, 0.05) is 17.8 Å². The van der Waals surface area contributed by atoms with Gasteiger partial charge in [0.1, 0.15) is 0 Å². The molecule has 1 aliphatic rings. The number of hydrogen-bond acceptors (Lipinski definition) is 3. The van der Waals surface area contributed by atoms with Crippen molar-refractivity contribution in [3.63, 3.8) is 0 Å². The minimum Gasteiger partial charge on any atom is -0.382 e. The van der Waals surface area contributed by atoms with Crippen LogP contribution in [0.3, 0.4) is 0 Å². The molecular weight excluding hydrogens is 308 g/mol. The number of benzene rings is 1. The van der Waals surface area contributed by atoms with Gasteiger partial charge in [-0.05, 0) is 52.7 Å². The maximum atomic E-state index is 10.8. The third kappa shape index (κ3) is 3.47. The van der Waals surface area contributed by atoms with Gasteiger partial charge in [0.2, 0.25) is 0 Å². The summed E-state index contributed by atoms with van der Waals surface area (Å²) in [7, 11) is 0. The summed E-state index contributed by atoms with van der Waals surface area (Å²) >= 11 is 3.26. The number of rotatable bonds is 3. The van der Waals surface area contributed by atoms with E-state index in [2.05, 4.69) is 35.1 Å². The van der Waals surface area contributed by atoms with E-state index in [0.717, 1.165) is 18.0 Å². The van der Waals surface area contributed by atoms with Crippen LogP contribution >= 0.6 is 15.9 Å². The van der Waals surface area contributed by atoms with E-state index in [-0.39, 0.29) is 10.6 Å². The van der Waals surface area contributed by atoms with Crippen LogP contribution in [-0.2, 0) is 0 Å². The van der Waals surface area contributed by atoms with Crippen LogP contribution < -0.4 is 5.32 Å². The molecule has 0 aromatic heterocycles. The van der Waals surface area contributed by atoms with Gasteiger partial charge >= 0.3 is 0 Å². The molecule has 1 saturated carbocycles. The fraction of sp³-hybridized carbons (Fsp3) is 0.571. The summed E-state index contributed by atoms with van der Waals surface area (Å²) in [6.45, 7) is 4.55. The SMILES string of the molecule is CC1CCC(C)C(Nc2ccc([N+](=O)[O-])c(Br)c2)C1. The van der Waals surface area contributed by atoms with Gasteiger partial charge in [-0.3, -0.25) is 10.1 Å². The van der Waals surface area contributed by atoms with E-state index >= 15 is 0 Å². The first-order chi connectivity index (χ1) is 8.97. The zero-order valence-electron chi connectivity index (χ0n) is 11.2. The largest absolute Gasteiger partial charge is 0.382 e. The van der Waals surface area contributed by atoms with Crippen LogP contribution in [0.1, 0.15) is 33.1 Å². The summed E-state index contributed by atoms with van der Waals surface area (Å²) < 4.78 is 0.527. The van der Waals surface area contributed by atoms with Gasteiger partial charge in [0.05, 0.1) is 9.40 Å². The molecule has 1 aliphatic carbocycles. The standard InChI is InChI=1S/C14H19BrN2O2/c1-9-3-4-10(2)13(7-9)16-11-5-6-14(17(18)19)12(15)8-11/h5-6,8-10,13,16H,3-4,7H2,1-2H3. The Labute approximate surface area is 121 Å². The summed E-state index contributed by atoms with van der Waals surface area (Å²) in [6, 6.07) is 5.58. The zero-order chi connectivity index (χ0) is 14.0. The van der Waals surface area contributed by atoms with Crippen molar-refractivity contribution in [2.24, 2.45) is 11.8 Å². The molecule has 1 aromatic rings. The molecule has 1 N–H and O–H groups in total. The van der Waals surface area contributed by atoms with Crippen molar-refractivity contribution in [3.05, 3.63) is 32.8 Å². The summed E-state index contributed by atoms with van der Waals surface area (Å²) in [6.07, 6.45) is 3.70. The van der Waals surface area contributed by atoms with Crippen molar-refractivity contribution in [2.75, 3.05) is 5.32 Å². The van der Waals surface area contributed by atoms with E-state index in [0.29, 0.717) is 16.4 Å². The van der Waals surface area contributed by atoms with E-state index in [9.17, 15) is 10.1 Å². The Hall–Kier alpha value is -1.10. The molecule has 1 aromatic carbocycles. The average molecular weight is 327 g/mol. The molecule has 4 nitrogen and oxygen atoms in total. The molecule has 104 valence electrons. The van der Waals surface area contributed by atoms with Crippen molar-refractivity contribution in [1.29, 1.82) is 0 Å². The molecule has 1 fully saturated rings. The normalized spacial score (nSPS) is 27.0. The fourth-order valence-electron chi connectivity index (χ4n) is 2.69. The molecular formula is C14H19BrN2O2. The molecule has 3 unspecified atom stereocenters. The molecule has 0 radical (unpaired) electrons. The smallest absolute Gasteiger partial charge is 0.283 e. The lowest BCUT2D eigenvalue weighted by atomic mass is 9.80. The van der Waals surface area contributed by atoms with E-state index in [4.69, 9.17) is 0 Å². The first kappa shape index (κ1) is 14.3. The first-order valence-corrected chi connectivity index (χ1v) is 7.47. The minimum atomic E-state index is -0.376. The van der Waals surface area contributed by atoms with Crippen LogP contribution in [-0.4, -0.2) is 11.0 Å². The number of nitro groups is 1. The third-order valence-corrected chi connectivity index (χ3v) is 4.59. The quantitative estimate of drug-likeness (QED) is 0.652. The van der Waals surface area contributed by atoms with Gasteiger partial charge in [-0.1, -0.05) is 20.3 Å². The van der Waals surface area contributed by atoms with Crippen LogP contribution in [0.25, 0.3) is 0 Å². The molecule has 3 atom stereocenters. The number of hydrogen-bond donors (Lipinski definition) is 1. The van der Waals surface area contributed by atoms with Crippen LogP contribution in [0, 0.1) is 22.0 Å². The molecule has 0 amide bonds. The molecule has 0 heterocycles. The molecule has 0 spiro atoms. The highest BCUT2D eigenvalue weighted by atomic mass is 79.9. The molecule has 5 heteroatoms. The highest BCUT2D eigenvalue weighted by molar-refractivity contribution is 9.10. The Bertz CT molecular complexity index is 479. The Kier molecular flexibility index (Phi) is 4.45. The zero-order valence-corrected chi connectivity index (χ0v) is 12.8. The summed E-state index contributed by atoms with van der Waals surface area (Å²) in [5.41, 5.74) is 1.05. The monoisotopic (exact) mass is 326 g/mol. The lowest BCUT2D eigenvalue weighted by Gasteiger charge is -2.34. The topological polar surface area (TPSA) is 55.2 Å². The highest BCUT2D eigenvalue weighted by Crippen LogP contribution is 2.33. The lowest BCUT2D eigenvalue weighted by molar-refractivity contribution is -0.385. The van der Waals surface area contributed by atoms with E-state index in [1.54, 1.807) is 18.2 Å². The van der Waals surface area contributed by atoms with E-state index < -0.39 is 0 Å². The second-order valence-corrected chi connectivity index (χ2v) is 6.42. The molecule has 0 saturated heterocycles. The van der Waals surface area contributed by atoms with Gasteiger partial charge in [0.25, 0.3) is 5.69 Å². The minimum absolute atomic E-state index is 0.107. The van der Waals surface area contributed by atoms with E-state index in [1.807, 2.05) is 0 Å². The van der Waals surface area contributed by atoms with Crippen molar-refractivity contribution in [3.8, 4) is 0 Å². The summed E-state index contributed by atoms with van der Waals surface area (Å²) in [5.74, 6) is 1.39. The maximum absolute atomic E-state index is 10.8. The van der Waals surface area contributed by atoms with Crippen molar-refractivity contribution in [2.45, 2.75) is 39.2 Å². The second-order valence-electron chi connectivity index (χ2n) is 5.57. The number of anilines is 1. The van der Waals surface area contributed by atoms with Crippen molar-refractivity contribution >= 4 is 27.3 Å². The fourth-order valence-corrected chi connectivity index (χ4v) is 3.22. The second kappa shape index (κ2) is 5.90. The average Bonchev–Trinajstić information content (AvgIpc) is 2.33. The summed E-state index contributed by atoms with van der Waals surface area (Å²) in [5, 5.41) is 14.3. The van der Waals surface area contributed by atoms with Crippen molar-refractivity contribution in [1.82, 2.24) is 0 Å². The molecule has 0 aliphatic heterocycles. The van der Waals surface area contributed by atoms with Gasteiger partial charge in [-0.25, -0.2) is 0 Å². The molecule has 0 bridgehead atoms. The predicted molar refractivity (Wildman–Crippen MR) is 80.4 cm³/mol. The highest BCUT2D eigenvalue weighted by Gasteiger charge is 2.25. The van der Waals surface area contributed by atoms with Gasteiger partial charge in [-0.15, -0.1) is 0 Å². The Morgan fingerprint density at radius 3 is 2.74 bits per heavy atom. The number of nitrogens with one attached hydrogen (secondary N) is 1.